The zero-order chi connectivity index (χ0) is 16.7. The molecule has 120 valence electrons. The molecule has 0 aliphatic rings. The van der Waals surface area contributed by atoms with Gasteiger partial charge in [0, 0.05) is 6.20 Å². The largest absolute Gasteiger partial charge is 0.467 e. The van der Waals surface area contributed by atoms with Crippen molar-refractivity contribution in [3.63, 3.8) is 0 Å². The van der Waals surface area contributed by atoms with Crippen LogP contribution in [0.25, 0.3) is 0 Å². The van der Waals surface area contributed by atoms with Crippen LogP contribution in [0.5, 0.6) is 11.5 Å². The van der Waals surface area contributed by atoms with E-state index in [4.69, 9.17) is 4.74 Å². The van der Waals surface area contributed by atoms with Gasteiger partial charge in [-0.1, -0.05) is 18.2 Å². The molecule has 0 saturated heterocycles. The van der Waals surface area contributed by atoms with Crippen LogP contribution >= 0.6 is 0 Å². The molecule has 2 rings (SSSR count). The van der Waals surface area contributed by atoms with Crippen molar-refractivity contribution in [1.82, 2.24) is 10.3 Å². The Bertz CT molecular complexity index is 675. The molecule has 7 nitrogen and oxygen atoms in total. The van der Waals surface area contributed by atoms with Crippen molar-refractivity contribution >= 4 is 11.9 Å². The van der Waals surface area contributed by atoms with E-state index in [0.29, 0.717) is 5.75 Å². The number of hydrogen-bond donors (Lipinski definition) is 2. The summed E-state index contributed by atoms with van der Waals surface area (Å²) in [5, 5.41) is 11.9. The highest BCUT2D eigenvalue weighted by atomic mass is 16.5. The highest BCUT2D eigenvalue weighted by Gasteiger charge is 2.19. The number of rotatable bonds is 6. The highest BCUT2D eigenvalue weighted by Crippen LogP contribution is 2.23. The summed E-state index contributed by atoms with van der Waals surface area (Å²) in [6.45, 7) is -0.285. The molecule has 0 aliphatic carbocycles. The zero-order valence-electron chi connectivity index (χ0n) is 12.4. The van der Waals surface area contributed by atoms with Crippen molar-refractivity contribution in [2.45, 2.75) is 6.10 Å². The van der Waals surface area contributed by atoms with Crippen LogP contribution in [0.1, 0.15) is 10.5 Å². The zero-order valence-corrected chi connectivity index (χ0v) is 12.4. The summed E-state index contributed by atoms with van der Waals surface area (Å²) in [4.78, 5) is 27.2. The number of carbonyl (C=O) groups excluding carboxylic acids is 2. The van der Waals surface area contributed by atoms with Gasteiger partial charge in [0.05, 0.1) is 13.7 Å². The Morgan fingerprint density at radius 2 is 1.96 bits per heavy atom. The van der Waals surface area contributed by atoms with Gasteiger partial charge in [-0.05, 0) is 24.3 Å². The van der Waals surface area contributed by atoms with E-state index in [1.807, 2.05) is 6.07 Å². The summed E-state index contributed by atoms with van der Waals surface area (Å²) in [6, 6.07) is 12.2. The first kappa shape index (κ1) is 16.4. The quantitative estimate of drug-likeness (QED) is 0.776. The molecule has 23 heavy (non-hydrogen) atoms. The molecule has 1 aromatic carbocycles. The Morgan fingerprint density at radius 1 is 1.22 bits per heavy atom. The Hall–Kier alpha value is -2.93. The Labute approximate surface area is 132 Å². The fourth-order valence-corrected chi connectivity index (χ4v) is 1.75. The Kier molecular flexibility index (Phi) is 5.65. The predicted molar refractivity (Wildman–Crippen MR) is 81.1 cm³/mol. The van der Waals surface area contributed by atoms with Gasteiger partial charge in [-0.15, -0.1) is 0 Å². The van der Waals surface area contributed by atoms with Gasteiger partial charge in [0.1, 0.15) is 5.75 Å². The number of esters is 1. The van der Waals surface area contributed by atoms with Gasteiger partial charge in [-0.3, -0.25) is 4.79 Å². The van der Waals surface area contributed by atoms with E-state index in [2.05, 4.69) is 15.0 Å². The van der Waals surface area contributed by atoms with Gasteiger partial charge >= 0.3 is 5.97 Å². The molecule has 0 fully saturated rings. The first-order chi connectivity index (χ1) is 11.1. The van der Waals surface area contributed by atoms with Crippen LogP contribution in [-0.2, 0) is 9.53 Å². The molecular weight excluding hydrogens is 300 g/mol. The van der Waals surface area contributed by atoms with Gasteiger partial charge in [0.15, 0.2) is 17.5 Å². The van der Waals surface area contributed by atoms with Crippen LogP contribution in [0.4, 0.5) is 0 Å². The van der Waals surface area contributed by atoms with E-state index in [1.165, 1.54) is 6.20 Å². The number of nitrogens with zero attached hydrogens (tertiary/aromatic N) is 1. The number of nitrogens with one attached hydrogen (secondary N) is 1. The average molecular weight is 316 g/mol. The van der Waals surface area contributed by atoms with E-state index >= 15 is 0 Å². The maximum atomic E-state index is 12.2. The van der Waals surface area contributed by atoms with Gasteiger partial charge in [-0.2, -0.15) is 0 Å². The molecule has 1 atom stereocenters. The van der Waals surface area contributed by atoms with Crippen LogP contribution in [-0.4, -0.2) is 41.7 Å². The summed E-state index contributed by atoms with van der Waals surface area (Å²) in [7, 11) is 1.15. The van der Waals surface area contributed by atoms with E-state index in [-0.39, 0.29) is 18.0 Å². The minimum atomic E-state index is -1.44. The number of aliphatic hydroxyl groups is 1. The molecule has 0 bridgehead atoms. The number of hydrogen-bond acceptors (Lipinski definition) is 6. The van der Waals surface area contributed by atoms with Crippen molar-refractivity contribution in [1.29, 1.82) is 0 Å². The topological polar surface area (TPSA) is 97.8 Å². The lowest BCUT2D eigenvalue weighted by atomic mass is 10.3. The van der Waals surface area contributed by atoms with Crippen molar-refractivity contribution in [3.8, 4) is 11.5 Å². The SMILES string of the molecule is COC(=O)[C@@H](O)CNC(=O)c1ncccc1Oc1ccccc1. The molecule has 0 saturated carbocycles. The molecule has 1 aromatic heterocycles. The van der Waals surface area contributed by atoms with E-state index < -0.39 is 18.0 Å². The number of amides is 1. The molecule has 2 N–H and O–H groups in total. The monoisotopic (exact) mass is 316 g/mol. The lowest BCUT2D eigenvalue weighted by Gasteiger charge is -2.12. The molecule has 0 aliphatic heterocycles. The third kappa shape index (κ3) is 4.52. The second-order valence-electron chi connectivity index (χ2n) is 4.51. The molecular formula is C16H16N2O5. The second-order valence-corrected chi connectivity index (χ2v) is 4.51. The van der Waals surface area contributed by atoms with Crippen LogP contribution in [0.2, 0.25) is 0 Å². The molecule has 0 unspecified atom stereocenters. The van der Waals surface area contributed by atoms with Crippen LogP contribution < -0.4 is 10.1 Å². The first-order valence-electron chi connectivity index (χ1n) is 6.84. The molecule has 0 spiro atoms. The van der Waals surface area contributed by atoms with Gasteiger partial charge in [0.25, 0.3) is 5.91 Å². The van der Waals surface area contributed by atoms with Crippen LogP contribution in [0.3, 0.4) is 0 Å². The third-order valence-electron chi connectivity index (χ3n) is 2.89. The lowest BCUT2D eigenvalue weighted by molar-refractivity contribution is -0.149. The number of benzene rings is 1. The maximum absolute atomic E-state index is 12.2. The van der Waals surface area contributed by atoms with Crippen molar-refractivity contribution < 1.29 is 24.2 Å². The molecule has 1 heterocycles. The Morgan fingerprint density at radius 3 is 2.65 bits per heavy atom. The average Bonchev–Trinajstić information content (AvgIpc) is 2.60. The maximum Gasteiger partial charge on any atom is 0.336 e. The normalized spacial score (nSPS) is 11.4. The van der Waals surface area contributed by atoms with E-state index in [0.717, 1.165) is 7.11 Å². The molecule has 1 amide bonds. The fourth-order valence-electron chi connectivity index (χ4n) is 1.75. The first-order valence-corrected chi connectivity index (χ1v) is 6.84. The van der Waals surface area contributed by atoms with Crippen molar-refractivity contribution in [3.05, 3.63) is 54.4 Å². The predicted octanol–water partition coefficient (Wildman–Crippen LogP) is 1.14. The van der Waals surface area contributed by atoms with E-state index in [1.54, 1.807) is 36.4 Å². The van der Waals surface area contributed by atoms with Crippen molar-refractivity contribution in [2.75, 3.05) is 13.7 Å². The molecule has 7 heteroatoms. The van der Waals surface area contributed by atoms with Crippen LogP contribution in [0, 0.1) is 0 Å². The summed E-state index contributed by atoms with van der Waals surface area (Å²) in [6.07, 6.45) is 0.00917. The third-order valence-corrected chi connectivity index (χ3v) is 2.89. The van der Waals surface area contributed by atoms with Crippen LogP contribution in [0.15, 0.2) is 48.7 Å². The highest BCUT2D eigenvalue weighted by molar-refractivity contribution is 5.95. The minimum Gasteiger partial charge on any atom is -0.467 e. The Balaban J connectivity index is 2.07. The fraction of sp³-hybridized carbons (Fsp3) is 0.188. The minimum absolute atomic E-state index is 0.0495. The number of aromatic nitrogens is 1. The summed E-state index contributed by atoms with van der Waals surface area (Å²) >= 11 is 0. The number of ether oxygens (including phenoxy) is 2. The van der Waals surface area contributed by atoms with Gasteiger partial charge in [0.2, 0.25) is 0 Å². The second kappa shape index (κ2) is 7.90. The summed E-state index contributed by atoms with van der Waals surface area (Å²) in [5.74, 6) is -0.570. The summed E-state index contributed by atoms with van der Waals surface area (Å²) in [5.41, 5.74) is 0.0495. The van der Waals surface area contributed by atoms with Gasteiger partial charge < -0.3 is 19.9 Å². The van der Waals surface area contributed by atoms with Gasteiger partial charge in [-0.25, -0.2) is 9.78 Å². The summed E-state index contributed by atoms with van der Waals surface area (Å²) < 4.78 is 10.0. The number of pyridine rings is 1. The standard InChI is InChI=1S/C16H16N2O5/c1-22-16(21)12(19)10-18-15(20)14-13(8-5-9-17-14)23-11-6-3-2-4-7-11/h2-9,12,19H,10H2,1H3,(H,18,20)/t12-/m0/s1. The van der Waals surface area contributed by atoms with E-state index in [9.17, 15) is 14.7 Å². The number of para-hydroxylation sites is 1. The number of aliphatic hydroxyl groups excluding tert-OH is 1. The molecule has 2 aromatic rings. The molecule has 0 radical (unpaired) electrons. The van der Waals surface area contributed by atoms with Crippen molar-refractivity contribution in [2.24, 2.45) is 0 Å². The number of methoxy groups -OCH3 is 1. The number of carbonyl (C=O) groups is 2. The smallest absolute Gasteiger partial charge is 0.336 e. The lowest BCUT2D eigenvalue weighted by Crippen LogP contribution is -2.37.